The SMILES string of the molecule is CN(C)C1CCCN(C(=O)[C@@H]2C[C@@H]2C(=O)O)C1. The fourth-order valence-electron chi connectivity index (χ4n) is 2.55. The topological polar surface area (TPSA) is 60.9 Å². The van der Waals surface area contributed by atoms with E-state index < -0.39 is 11.9 Å². The van der Waals surface area contributed by atoms with E-state index in [2.05, 4.69) is 4.90 Å². The van der Waals surface area contributed by atoms with Crippen LogP contribution in [0.15, 0.2) is 0 Å². The van der Waals surface area contributed by atoms with Crippen LogP contribution in [-0.4, -0.2) is 60.0 Å². The molecular formula is C12H20N2O3. The number of carbonyl (C=O) groups excluding carboxylic acids is 1. The minimum Gasteiger partial charge on any atom is -0.481 e. The molecule has 2 aliphatic rings. The van der Waals surface area contributed by atoms with Gasteiger partial charge in [-0.1, -0.05) is 0 Å². The van der Waals surface area contributed by atoms with Crippen molar-refractivity contribution in [2.75, 3.05) is 27.2 Å². The van der Waals surface area contributed by atoms with Crippen molar-refractivity contribution in [1.29, 1.82) is 0 Å². The van der Waals surface area contributed by atoms with Gasteiger partial charge in [0.05, 0.1) is 11.8 Å². The third-order valence-electron chi connectivity index (χ3n) is 3.86. The van der Waals surface area contributed by atoms with E-state index in [0.29, 0.717) is 12.5 Å². The summed E-state index contributed by atoms with van der Waals surface area (Å²) in [6, 6.07) is 0.412. The molecule has 1 aliphatic heterocycles. The number of amides is 1. The third-order valence-corrected chi connectivity index (χ3v) is 3.86. The highest BCUT2D eigenvalue weighted by Crippen LogP contribution is 2.40. The Morgan fingerprint density at radius 2 is 2.00 bits per heavy atom. The number of aliphatic carboxylic acids is 1. The van der Waals surface area contributed by atoms with Crippen molar-refractivity contribution in [3.05, 3.63) is 0 Å². The molecule has 2 rings (SSSR count). The molecule has 1 saturated carbocycles. The number of piperidine rings is 1. The first-order valence-corrected chi connectivity index (χ1v) is 6.18. The van der Waals surface area contributed by atoms with Crippen LogP contribution in [0.3, 0.4) is 0 Å². The quantitative estimate of drug-likeness (QED) is 0.768. The molecule has 1 heterocycles. The smallest absolute Gasteiger partial charge is 0.307 e. The molecule has 1 aliphatic carbocycles. The first kappa shape index (κ1) is 12.4. The van der Waals surface area contributed by atoms with Crippen molar-refractivity contribution >= 4 is 11.9 Å². The molecule has 3 atom stereocenters. The predicted molar refractivity (Wildman–Crippen MR) is 62.5 cm³/mol. The molecule has 0 bridgehead atoms. The van der Waals surface area contributed by atoms with E-state index >= 15 is 0 Å². The predicted octanol–water partition coefficient (Wildman–Crippen LogP) is 0.260. The molecule has 0 aromatic heterocycles. The number of hydrogen-bond donors (Lipinski definition) is 1. The zero-order chi connectivity index (χ0) is 12.6. The summed E-state index contributed by atoms with van der Waals surface area (Å²) < 4.78 is 0. The van der Waals surface area contributed by atoms with E-state index in [1.807, 2.05) is 19.0 Å². The molecular weight excluding hydrogens is 220 g/mol. The maximum Gasteiger partial charge on any atom is 0.307 e. The van der Waals surface area contributed by atoms with Crippen LogP contribution in [0.4, 0.5) is 0 Å². The van der Waals surface area contributed by atoms with Crippen LogP contribution in [0.5, 0.6) is 0 Å². The summed E-state index contributed by atoms with van der Waals surface area (Å²) in [6.45, 7) is 1.53. The number of hydrogen-bond acceptors (Lipinski definition) is 3. The van der Waals surface area contributed by atoms with Gasteiger partial charge in [0.25, 0.3) is 0 Å². The first-order chi connectivity index (χ1) is 8.00. The van der Waals surface area contributed by atoms with Crippen molar-refractivity contribution in [2.45, 2.75) is 25.3 Å². The highest BCUT2D eigenvalue weighted by Gasteiger charge is 2.50. The molecule has 0 spiro atoms. The summed E-state index contributed by atoms with van der Waals surface area (Å²) in [6.07, 6.45) is 2.65. The lowest BCUT2D eigenvalue weighted by atomic mass is 10.0. The monoisotopic (exact) mass is 240 g/mol. The zero-order valence-electron chi connectivity index (χ0n) is 10.4. The summed E-state index contributed by atoms with van der Waals surface area (Å²) in [7, 11) is 4.05. The largest absolute Gasteiger partial charge is 0.481 e. The van der Waals surface area contributed by atoms with Crippen molar-refractivity contribution in [3.8, 4) is 0 Å². The first-order valence-electron chi connectivity index (χ1n) is 6.18. The number of likely N-dealkylation sites (tertiary alicyclic amines) is 1. The highest BCUT2D eigenvalue weighted by atomic mass is 16.4. The number of nitrogens with zero attached hydrogens (tertiary/aromatic N) is 2. The van der Waals surface area contributed by atoms with Crippen LogP contribution in [0.25, 0.3) is 0 Å². The Hall–Kier alpha value is -1.10. The van der Waals surface area contributed by atoms with Crippen LogP contribution >= 0.6 is 0 Å². The van der Waals surface area contributed by atoms with Gasteiger partial charge in [0.2, 0.25) is 5.91 Å². The van der Waals surface area contributed by atoms with Gasteiger partial charge in [-0.2, -0.15) is 0 Å². The Morgan fingerprint density at radius 1 is 1.29 bits per heavy atom. The average molecular weight is 240 g/mol. The maximum absolute atomic E-state index is 12.1. The number of carboxylic acid groups (broad SMARTS) is 1. The van der Waals surface area contributed by atoms with E-state index in [0.717, 1.165) is 25.9 Å². The Morgan fingerprint density at radius 3 is 2.53 bits per heavy atom. The normalized spacial score (nSPS) is 32.6. The second-order valence-corrected chi connectivity index (χ2v) is 5.33. The van der Waals surface area contributed by atoms with Crippen LogP contribution < -0.4 is 0 Å². The van der Waals surface area contributed by atoms with Crippen molar-refractivity contribution in [2.24, 2.45) is 11.8 Å². The summed E-state index contributed by atoms with van der Waals surface area (Å²) in [5, 5.41) is 8.83. The Bertz CT molecular complexity index is 330. The number of carboxylic acids is 1. The van der Waals surface area contributed by atoms with Crippen LogP contribution in [0.1, 0.15) is 19.3 Å². The van der Waals surface area contributed by atoms with Crippen molar-refractivity contribution in [1.82, 2.24) is 9.80 Å². The van der Waals surface area contributed by atoms with Gasteiger partial charge in [0.15, 0.2) is 0 Å². The van der Waals surface area contributed by atoms with Crippen molar-refractivity contribution < 1.29 is 14.7 Å². The zero-order valence-corrected chi connectivity index (χ0v) is 10.4. The summed E-state index contributed by atoms with van der Waals surface area (Å²) in [5.74, 6) is -1.47. The lowest BCUT2D eigenvalue weighted by Gasteiger charge is -2.36. The molecule has 17 heavy (non-hydrogen) atoms. The van der Waals surface area contributed by atoms with Gasteiger partial charge in [0, 0.05) is 19.1 Å². The van der Waals surface area contributed by atoms with Gasteiger partial charge in [-0.3, -0.25) is 9.59 Å². The lowest BCUT2D eigenvalue weighted by molar-refractivity contribution is -0.142. The molecule has 5 heteroatoms. The Kier molecular flexibility index (Phi) is 3.38. The fourth-order valence-corrected chi connectivity index (χ4v) is 2.55. The lowest BCUT2D eigenvalue weighted by Crippen LogP contribution is -2.48. The van der Waals surface area contributed by atoms with Crippen molar-refractivity contribution in [3.63, 3.8) is 0 Å². The standard InChI is InChI=1S/C12H20N2O3/c1-13(2)8-4-3-5-14(7-8)11(15)9-6-10(9)12(16)17/h8-10H,3-7H2,1-2H3,(H,16,17)/t8?,9-,10+/m1/s1. The Balaban J connectivity index is 1.90. The molecule has 1 amide bonds. The van der Waals surface area contributed by atoms with Gasteiger partial charge in [-0.25, -0.2) is 0 Å². The average Bonchev–Trinajstić information content (AvgIpc) is 3.08. The third kappa shape index (κ3) is 2.60. The van der Waals surface area contributed by atoms with Crippen LogP contribution in [-0.2, 0) is 9.59 Å². The van der Waals surface area contributed by atoms with Gasteiger partial charge in [-0.15, -0.1) is 0 Å². The van der Waals surface area contributed by atoms with Gasteiger partial charge < -0.3 is 14.9 Å². The molecule has 1 N–H and O–H groups in total. The van der Waals surface area contributed by atoms with E-state index in [9.17, 15) is 9.59 Å². The van der Waals surface area contributed by atoms with E-state index in [1.54, 1.807) is 0 Å². The van der Waals surface area contributed by atoms with E-state index in [4.69, 9.17) is 5.11 Å². The van der Waals surface area contributed by atoms with Gasteiger partial charge in [0.1, 0.15) is 0 Å². The van der Waals surface area contributed by atoms with E-state index in [1.165, 1.54) is 0 Å². The number of rotatable bonds is 3. The molecule has 5 nitrogen and oxygen atoms in total. The summed E-state index contributed by atoms with van der Waals surface area (Å²) >= 11 is 0. The fraction of sp³-hybridized carbons (Fsp3) is 0.833. The molecule has 0 radical (unpaired) electrons. The maximum atomic E-state index is 12.1. The number of carbonyl (C=O) groups is 2. The minimum absolute atomic E-state index is 0.0453. The van der Waals surface area contributed by atoms with Gasteiger partial charge in [-0.05, 0) is 33.4 Å². The van der Waals surface area contributed by atoms with E-state index in [-0.39, 0.29) is 11.8 Å². The molecule has 2 fully saturated rings. The summed E-state index contributed by atoms with van der Waals surface area (Å²) in [5.41, 5.74) is 0. The minimum atomic E-state index is -0.829. The second-order valence-electron chi connectivity index (χ2n) is 5.33. The highest BCUT2D eigenvalue weighted by molar-refractivity contribution is 5.89. The molecule has 1 saturated heterocycles. The van der Waals surface area contributed by atoms with Gasteiger partial charge >= 0.3 is 5.97 Å². The molecule has 0 aromatic carbocycles. The van der Waals surface area contributed by atoms with Crippen LogP contribution in [0.2, 0.25) is 0 Å². The van der Waals surface area contributed by atoms with Crippen LogP contribution in [0, 0.1) is 11.8 Å². The summed E-state index contributed by atoms with van der Waals surface area (Å²) in [4.78, 5) is 26.8. The molecule has 0 aromatic rings. The Labute approximate surface area is 101 Å². The molecule has 96 valence electrons. The molecule has 1 unspecified atom stereocenters. The second kappa shape index (κ2) is 4.64. The number of likely N-dealkylation sites (N-methyl/N-ethyl adjacent to an activating group) is 1.